The average molecular weight is 307 g/mol. The number of hydrogen-bond donors (Lipinski definition) is 1. The first-order chi connectivity index (χ1) is 10.1. The molecule has 6 nitrogen and oxygen atoms in total. The fourth-order valence-electron chi connectivity index (χ4n) is 1.89. The van der Waals surface area contributed by atoms with Crippen molar-refractivity contribution in [1.82, 2.24) is 15.0 Å². The molecule has 3 aromatic rings. The fraction of sp³-hybridized carbons (Fsp3) is 0.0769. The van der Waals surface area contributed by atoms with E-state index in [0.717, 1.165) is 0 Å². The Morgan fingerprint density at radius 1 is 1.10 bits per heavy atom. The molecule has 1 heterocycles. The summed E-state index contributed by atoms with van der Waals surface area (Å²) in [5.74, 6) is -0.471. The summed E-state index contributed by atoms with van der Waals surface area (Å²) in [6.45, 7) is -0.156. The first-order valence-corrected chi connectivity index (χ1v) is 7.50. The molecule has 0 fully saturated rings. The quantitative estimate of drug-likeness (QED) is 0.795. The molecule has 3 rings (SSSR count). The second kappa shape index (κ2) is 5.23. The summed E-state index contributed by atoms with van der Waals surface area (Å²) in [5.41, 5.74) is 0.730. The Hall–Kier alpha value is -2.32. The molecule has 8 heteroatoms. The van der Waals surface area contributed by atoms with Crippen molar-refractivity contribution in [3.05, 3.63) is 53.8 Å². The summed E-state index contributed by atoms with van der Waals surface area (Å²) in [7, 11) is -3.85. The Morgan fingerprint density at radius 3 is 2.71 bits per heavy atom. The van der Waals surface area contributed by atoms with E-state index in [1.165, 1.54) is 30.3 Å². The van der Waals surface area contributed by atoms with Crippen LogP contribution in [0.2, 0.25) is 0 Å². The van der Waals surface area contributed by atoms with Crippen LogP contribution < -0.4 is 4.72 Å². The molecule has 21 heavy (non-hydrogen) atoms. The summed E-state index contributed by atoms with van der Waals surface area (Å²) in [4.78, 5) is -0.0578. The number of fused-ring (bicyclic) bond motifs is 1. The maximum Gasteiger partial charge on any atom is 0.243 e. The normalized spacial score (nSPS) is 11.9. The highest BCUT2D eigenvalue weighted by Crippen LogP contribution is 2.19. The number of sulfonamides is 1. The molecule has 0 aliphatic rings. The van der Waals surface area contributed by atoms with E-state index in [1.807, 2.05) is 0 Å². The third kappa shape index (κ3) is 2.63. The van der Waals surface area contributed by atoms with Crippen molar-refractivity contribution in [1.29, 1.82) is 0 Å². The first-order valence-electron chi connectivity index (χ1n) is 6.02. The lowest BCUT2D eigenvalue weighted by atomic mass is 10.2. The zero-order valence-corrected chi connectivity index (χ0v) is 11.5. The third-order valence-electron chi connectivity index (χ3n) is 2.95. The predicted octanol–water partition coefficient (Wildman–Crippen LogP) is 1.84. The minimum atomic E-state index is -3.85. The largest absolute Gasteiger partial charge is 0.243 e. The number of nitrogens with one attached hydrogen (secondary N) is 1. The molecule has 0 bridgehead atoms. The monoisotopic (exact) mass is 307 g/mol. The van der Waals surface area contributed by atoms with Crippen LogP contribution in [-0.2, 0) is 16.6 Å². The number of rotatable bonds is 4. The summed E-state index contributed by atoms with van der Waals surface area (Å²) in [6, 6.07) is 10.5. The van der Waals surface area contributed by atoms with E-state index >= 15 is 0 Å². The van der Waals surface area contributed by atoms with Gasteiger partial charge in [0.05, 0.1) is 0 Å². The summed E-state index contributed by atoms with van der Waals surface area (Å²) in [6.07, 6.45) is 0. The van der Waals surface area contributed by atoms with E-state index in [2.05, 4.69) is 19.7 Å². The molecule has 0 aliphatic heterocycles. The Labute approximate surface area is 119 Å². The van der Waals surface area contributed by atoms with Gasteiger partial charge in [-0.05, 0) is 28.5 Å². The molecule has 2 aromatic carbocycles. The molecule has 1 aromatic heterocycles. The second-order valence-electron chi connectivity index (χ2n) is 4.30. The number of nitrogens with zero attached hydrogens (tertiary/aromatic N) is 2. The van der Waals surface area contributed by atoms with E-state index in [4.69, 9.17) is 0 Å². The molecule has 0 atom stereocenters. The van der Waals surface area contributed by atoms with Gasteiger partial charge in [-0.1, -0.05) is 24.3 Å². The number of benzene rings is 2. The maximum absolute atomic E-state index is 13.5. The molecule has 0 saturated carbocycles. The number of halogens is 1. The van der Waals surface area contributed by atoms with Crippen LogP contribution in [0.4, 0.5) is 4.39 Å². The molecule has 0 unspecified atom stereocenters. The van der Waals surface area contributed by atoms with Crippen LogP contribution in [0, 0.1) is 5.82 Å². The van der Waals surface area contributed by atoms with Crippen molar-refractivity contribution in [2.75, 3.05) is 0 Å². The molecule has 0 radical (unpaired) electrons. The topological polar surface area (TPSA) is 85.1 Å². The highest BCUT2D eigenvalue weighted by Gasteiger charge is 2.20. The Bertz CT molecular complexity index is 892. The van der Waals surface area contributed by atoms with Gasteiger partial charge in [-0.15, -0.1) is 0 Å². The first kappa shape index (κ1) is 13.7. The number of hydrogen-bond acceptors (Lipinski definition) is 5. The molecule has 0 amide bonds. The maximum atomic E-state index is 13.5. The van der Waals surface area contributed by atoms with Gasteiger partial charge in [0.2, 0.25) is 10.0 Å². The van der Waals surface area contributed by atoms with Crippen molar-refractivity contribution >= 4 is 21.1 Å². The minimum absolute atomic E-state index is 0.0578. The van der Waals surface area contributed by atoms with E-state index in [1.54, 1.807) is 12.1 Å². The molecule has 0 spiro atoms. The van der Waals surface area contributed by atoms with Crippen LogP contribution in [0.3, 0.4) is 0 Å². The van der Waals surface area contributed by atoms with Gasteiger partial charge in [-0.2, -0.15) is 0 Å². The van der Waals surface area contributed by atoms with Crippen LogP contribution >= 0.6 is 0 Å². The fourth-order valence-corrected chi connectivity index (χ4v) is 3.05. The lowest BCUT2D eigenvalue weighted by molar-refractivity contribution is 0.315. The standard InChI is InChI=1S/C13H10FN3O3S/c14-10-5-2-1-4-9(10)8-15-21(18,19)12-7-3-6-11-13(12)17-20-16-11/h1-7,15H,8H2. The van der Waals surface area contributed by atoms with Crippen molar-refractivity contribution < 1.29 is 17.4 Å². The van der Waals surface area contributed by atoms with Gasteiger partial charge in [0.15, 0.2) is 5.52 Å². The minimum Gasteiger partial charge on any atom is -0.243 e. The van der Waals surface area contributed by atoms with Crippen molar-refractivity contribution in [2.45, 2.75) is 11.4 Å². The molecule has 108 valence electrons. The molecule has 0 aliphatic carbocycles. The molecule has 1 N–H and O–H groups in total. The van der Waals surface area contributed by atoms with Gasteiger partial charge in [-0.25, -0.2) is 22.2 Å². The van der Waals surface area contributed by atoms with E-state index in [9.17, 15) is 12.8 Å². The Balaban J connectivity index is 1.91. The molecule has 0 saturated heterocycles. The predicted molar refractivity (Wildman–Crippen MR) is 72.2 cm³/mol. The molecular weight excluding hydrogens is 297 g/mol. The summed E-state index contributed by atoms with van der Waals surface area (Å²) >= 11 is 0. The van der Waals surface area contributed by atoms with Crippen LogP contribution in [0.5, 0.6) is 0 Å². The van der Waals surface area contributed by atoms with Crippen molar-refractivity contribution in [2.24, 2.45) is 0 Å². The van der Waals surface area contributed by atoms with E-state index in [-0.39, 0.29) is 22.5 Å². The van der Waals surface area contributed by atoms with Crippen molar-refractivity contribution in [3.8, 4) is 0 Å². The van der Waals surface area contributed by atoms with Crippen LogP contribution in [0.15, 0.2) is 52.0 Å². The second-order valence-corrected chi connectivity index (χ2v) is 6.04. The van der Waals surface area contributed by atoms with Crippen molar-refractivity contribution in [3.63, 3.8) is 0 Å². The SMILES string of the molecule is O=S(=O)(NCc1ccccc1F)c1cccc2nonc12. The average Bonchev–Trinajstić information content (AvgIpc) is 2.94. The zero-order valence-electron chi connectivity index (χ0n) is 10.7. The van der Waals surface area contributed by atoms with E-state index < -0.39 is 15.8 Å². The summed E-state index contributed by atoms with van der Waals surface area (Å²) < 4.78 is 44.9. The summed E-state index contributed by atoms with van der Waals surface area (Å²) in [5, 5.41) is 7.17. The van der Waals surface area contributed by atoms with Crippen LogP contribution in [0.1, 0.15) is 5.56 Å². The molecular formula is C13H10FN3O3S. The number of aromatic nitrogens is 2. The smallest absolute Gasteiger partial charge is 0.243 e. The highest BCUT2D eigenvalue weighted by molar-refractivity contribution is 7.89. The van der Waals surface area contributed by atoms with Gasteiger partial charge < -0.3 is 0 Å². The van der Waals surface area contributed by atoms with Gasteiger partial charge >= 0.3 is 0 Å². The van der Waals surface area contributed by atoms with Gasteiger partial charge in [0.1, 0.15) is 16.2 Å². The van der Waals surface area contributed by atoms with Crippen LogP contribution in [-0.4, -0.2) is 18.7 Å². The Kier molecular flexibility index (Phi) is 3.40. The van der Waals surface area contributed by atoms with Gasteiger partial charge in [0.25, 0.3) is 0 Å². The zero-order chi connectivity index (χ0) is 14.9. The van der Waals surface area contributed by atoms with Gasteiger partial charge in [0, 0.05) is 12.1 Å². The highest BCUT2D eigenvalue weighted by atomic mass is 32.2. The van der Waals surface area contributed by atoms with Crippen LogP contribution in [0.25, 0.3) is 11.0 Å². The van der Waals surface area contributed by atoms with E-state index in [0.29, 0.717) is 5.52 Å². The van der Waals surface area contributed by atoms with Gasteiger partial charge in [-0.3, -0.25) is 0 Å². The lowest BCUT2D eigenvalue weighted by Crippen LogP contribution is -2.24. The Morgan fingerprint density at radius 2 is 1.90 bits per heavy atom. The lowest BCUT2D eigenvalue weighted by Gasteiger charge is -2.07. The third-order valence-corrected chi connectivity index (χ3v) is 4.38.